The zero-order valence-corrected chi connectivity index (χ0v) is 21.2. The molecule has 4 nitrogen and oxygen atoms in total. The van der Waals surface area contributed by atoms with E-state index in [-0.39, 0.29) is 25.4 Å². The van der Waals surface area contributed by atoms with E-state index in [9.17, 15) is 9.18 Å². The van der Waals surface area contributed by atoms with Crippen molar-refractivity contribution in [3.8, 4) is 0 Å². The van der Waals surface area contributed by atoms with Gasteiger partial charge in [-0.1, -0.05) is 71.1 Å². The number of hydrogen-bond acceptors (Lipinski definition) is 4. The maximum Gasteiger partial charge on any atom is 0.306 e. The highest BCUT2D eigenvalue weighted by Gasteiger charge is 2.14. The molecule has 0 aromatic carbocycles. The lowest BCUT2D eigenvalue weighted by molar-refractivity contribution is -0.150. The second kappa shape index (κ2) is 26.6. The Hall–Kier alpha value is -0.680. The number of carbonyl (C=O) groups is 1. The van der Waals surface area contributed by atoms with E-state index < -0.39 is 0 Å². The fourth-order valence-corrected chi connectivity index (χ4v) is 4.02. The molecule has 0 saturated heterocycles. The number of alkyl halides is 1. The van der Waals surface area contributed by atoms with Crippen LogP contribution < -0.4 is 5.32 Å². The Bertz CT molecular complexity index is 382. The van der Waals surface area contributed by atoms with Crippen LogP contribution in [0.5, 0.6) is 0 Å². The summed E-state index contributed by atoms with van der Waals surface area (Å²) in [6, 6.07) is 0. The normalized spacial score (nSPS) is 12.2. The number of halogens is 1. The third-order valence-electron chi connectivity index (χ3n) is 6.08. The van der Waals surface area contributed by atoms with Crippen molar-refractivity contribution >= 4 is 5.97 Å². The summed E-state index contributed by atoms with van der Waals surface area (Å²) in [5, 5.41) is 12.1. The summed E-state index contributed by atoms with van der Waals surface area (Å²) < 4.78 is 18.0. The van der Waals surface area contributed by atoms with Gasteiger partial charge in [-0.15, -0.1) is 0 Å². The Morgan fingerprint density at radius 2 is 1.28 bits per heavy atom. The second-order valence-electron chi connectivity index (χ2n) is 9.26. The van der Waals surface area contributed by atoms with Crippen LogP contribution in [0, 0.1) is 0 Å². The quantitative estimate of drug-likeness (QED) is 0.105. The number of hydrogen-bond donors (Lipinski definition) is 2. The Morgan fingerprint density at radius 1 is 0.750 bits per heavy atom. The molecule has 0 rings (SSSR count). The molecule has 0 spiro atoms. The molecule has 0 heterocycles. The van der Waals surface area contributed by atoms with Crippen molar-refractivity contribution in [1.82, 2.24) is 5.32 Å². The summed E-state index contributed by atoms with van der Waals surface area (Å²) in [4.78, 5) is 12.3. The Kier molecular flexibility index (Phi) is 26.0. The van der Waals surface area contributed by atoms with Gasteiger partial charge in [-0.25, -0.2) is 0 Å². The van der Waals surface area contributed by atoms with Crippen molar-refractivity contribution in [3.63, 3.8) is 0 Å². The Morgan fingerprint density at radius 3 is 1.88 bits per heavy atom. The van der Waals surface area contributed by atoms with E-state index in [4.69, 9.17) is 9.84 Å². The molecular weight excluding hydrogens is 405 g/mol. The van der Waals surface area contributed by atoms with E-state index in [2.05, 4.69) is 12.2 Å². The first-order valence-corrected chi connectivity index (χ1v) is 13.8. The molecule has 0 saturated carbocycles. The van der Waals surface area contributed by atoms with Gasteiger partial charge in [0.25, 0.3) is 0 Å². The molecule has 1 atom stereocenters. The molecule has 0 radical (unpaired) electrons. The van der Waals surface area contributed by atoms with Crippen molar-refractivity contribution in [2.75, 3.05) is 26.4 Å². The monoisotopic (exact) mass is 459 g/mol. The van der Waals surface area contributed by atoms with Gasteiger partial charge in [0, 0.05) is 13.0 Å². The van der Waals surface area contributed by atoms with Crippen LogP contribution >= 0.6 is 0 Å². The lowest BCUT2D eigenvalue weighted by Crippen LogP contribution is -2.19. The maximum absolute atomic E-state index is 12.3. The average molecular weight is 460 g/mol. The van der Waals surface area contributed by atoms with Gasteiger partial charge >= 0.3 is 5.97 Å². The van der Waals surface area contributed by atoms with Crippen LogP contribution in [0.1, 0.15) is 135 Å². The van der Waals surface area contributed by atoms with Gasteiger partial charge in [-0.2, -0.15) is 0 Å². The summed E-state index contributed by atoms with van der Waals surface area (Å²) in [5.74, 6) is -0.0279. The van der Waals surface area contributed by atoms with Crippen molar-refractivity contribution in [1.29, 1.82) is 0 Å². The van der Waals surface area contributed by atoms with Crippen LogP contribution in [-0.2, 0) is 9.53 Å². The minimum Gasteiger partial charge on any atom is -0.462 e. The number of rotatable bonds is 26. The largest absolute Gasteiger partial charge is 0.462 e. The summed E-state index contributed by atoms with van der Waals surface area (Å²) >= 11 is 0. The van der Waals surface area contributed by atoms with Crippen LogP contribution in [0.15, 0.2) is 0 Å². The summed E-state index contributed by atoms with van der Waals surface area (Å²) in [7, 11) is 0. The molecule has 0 bridgehead atoms. The minimum absolute atomic E-state index is 0.0279. The van der Waals surface area contributed by atoms with Crippen molar-refractivity contribution in [3.05, 3.63) is 0 Å². The van der Waals surface area contributed by atoms with Crippen molar-refractivity contribution in [2.24, 2.45) is 0 Å². The molecule has 0 fully saturated rings. The molecule has 0 aromatic rings. The molecule has 5 heteroatoms. The van der Waals surface area contributed by atoms with Gasteiger partial charge in [0.15, 0.2) is 0 Å². The van der Waals surface area contributed by atoms with Crippen LogP contribution in [-0.4, -0.2) is 43.6 Å². The van der Waals surface area contributed by atoms with E-state index in [1.165, 1.54) is 32.1 Å². The van der Waals surface area contributed by atoms with Gasteiger partial charge in [-0.3, -0.25) is 9.18 Å². The van der Waals surface area contributed by atoms with Crippen LogP contribution in [0.4, 0.5) is 4.39 Å². The number of ether oxygens (including phenoxy) is 1. The van der Waals surface area contributed by atoms with Gasteiger partial charge in [0.1, 0.15) is 6.10 Å². The van der Waals surface area contributed by atoms with E-state index in [0.29, 0.717) is 12.8 Å². The molecule has 0 aliphatic carbocycles. The summed E-state index contributed by atoms with van der Waals surface area (Å²) in [6.07, 6.45) is 21.3. The highest BCUT2D eigenvalue weighted by atomic mass is 19.1. The fourth-order valence-electron chi connectivity index (χ4n) is 4.02. The van der Waals surface area contributed by atoms with Gasteiger partial charge in [-0.05, 0) is 70.9 Å². The Balaban J connectivity index is 3.96. The van der Waals surface area contributed by atoms with Crippen LogP contribution in [0.25, 0.3) is 0 Å². The van der Waals surface area contributed by atoms with Gasteiger partial charge in [0.2, 0.25) is 0 Å². The summed E-state index contributed by atoms with van der Waals surface area (Å²) in [6.45, 7) is 4.25. The third kappa shape index (κ3) is 24.0. The lowest BCUT2D eigenvalue weighted by Gasteiger charge is -2.18. The SMILES string of the molecule is CCCCCCCCC(CCCCCCCCF)OC(=O)CCCCCNCCCCO. The van der Waals surface area contributed by atoms with Crippen LogP contribution in [0.2, 0.25) is 0 Å². The zero-order chi connectivity index (χ0) is 23.5. The van der Waals surface area contributed by atoms with E-state index in [1.54, 1.807) is 0 Å². The number of esters is 1. The fraction of sp³-hybridized carbons (Fsp3) is 0.963. The van der Waals surface area contributed by atoms with E-state index in [0.717, 1.165) is 96.6 Å². The number of nitrogens with one attached hydrogen (secondary N) is 1. The lowest BCUT2D eigenvalue weighted by atomic mass is 10.0. The smallest absolute Gasteiger partial charge is 0.306 e. The molecule has 0 aromatic heterocycles. The van der Waals surface area contributed by atoms with Crippen molar-refractivity contribution in [2.45, 2.75) is 141 Å². The molecule has 192 valence electrons. The van der Waals surface area contributed by atoms with Crippen LogP contribution in [0.3, 0.4) is 0 Å². The first kappa shape index (κ1) is 31.3. The Labute approximate surface area is 198 Å². The molecule has 0 aliphatic rings. The van der Waals surface area contributed by atoms with Gasteiger partial charge in [0.05, 0.1) is 6.67 Å². The molecule has 0 amide bonds. The molecule has 0 aliphatic heterocycles. The topological polar surface area (TPSA) is 58.6 Å². The molecule has 32 heavy (non-hydrogen) atoms. The van der Waals surface area contributed by atoms with Crippen molar-refractivity contribution < 1.29 is 19.0 Å². The summed E-state index contributed by atoms with van der Waals surface area (Å²) in [5.41, 5.74) is 0. The predicted molar refractivity (Wildman–Crippen MR) is 134 cm³/mol. The zero-order valence-electron chi connectivity index (χ0n) is 21.2. The first-order valence-electron chi connectivity index (χ1n) is 13.8. The number of unbranched alkanes of at least 4 members (excludes halogenated alkanes) is 13. The number of aliphatic hydroxyl groups is 1. The van der Waals surface area contributed by atoms with E-state index >= 15 is 0 Å². The number of aliphatic hydroxyl groups excluding tert-OH is 1. The molecule has 1 unspecified atom stereocenters. The van der Waals surface area contributed by atoms with E-state index in [1.807, 2.05) is 0 Å². The van der Waals surface area contributed by atoms with Gasteiger partial charge < -0.3 is 15.2 Å². The highest BCUT2D eigenvalue weighted by molar-refractivity contribution is 5.69. The highest BCUT2D eigenvalue weighted by Crippen LogP contribution is 2.18. The number of carbonyl (C=O) groups excluding carboxylic acids is 1. The second-order valence-corrected chi connectivity index (χ2v) is 9.26. The first-order chi connectivity index (χ1) is 15.7. The molecule has 2 N–H and O–H groups in total. The maximum atomic E-state index is 12.3. The molecular formula is C27H54FNO3. The predicted octanol–water partition coefficient (Wildman–Crippen LogP) is 7.27. The average Bonchev–Trinajstić information content (AvgIpc) is 2.79. The minimum atomic E-state index is -0.197. The standard InChI is InChI=1S/C27H54FNO3/c1-2-3-4-5-8-12-19-26(20-13-9-6-7-10-15-22-28)32-27(31)21-14-11-16-23-29-24-17-18-25-30/h26,29-30H,2-25H2,1H3. The third-order valence-corrected chi connectivity index (χ3v) is 6.08.